The number of Topliss-reactive ketones (excluding diaryl/α,β-unsaturated/α-hetero) is 1. The standard InChI is InChI=1S/C18H21ClN2O2/c1-21-8-5-12(6-9-21)17(22)3-2-14-10-13-4-7-20-18(23)15(13)11-16(14)19/h4,7,10-12H,2-3,5-6,8-9H2,1H3,(H,20,23). The number of hydrogen-bond donors (Lipinski definition) is 1. The predicted molar refractivity (Wildman–Crippen MR) is 93.1 cm³/mol. The third-order valence-corrected chi connectivity index (χ3v) is 5.11. The number of likely N-dealkylation sites (tertiary alicyclic amines) is 1. The minimum atomic E-state index is -0.140. The third-order valence-electron chi connectivity index (χ3n) is 4.76. The number of aromatic nitrogens is 1. The van der Waals surface area contributed by atoms with Gasteiger partial charge in [0.05, 0.1) is 0 Å². The molecule has 4 nitrogen and oxygen atoms in total. The van der Waals surface area contributed by atoms with Crippen LogP contribution >= 0.6 is 11.6 Å². The maximum atomic E-state index is 12.4. The van der Waals surface area contributed by atoms with Gasteiger partial charge in [0.25, 0.3) is 5.56 Å². The maximum Gasteiger partial charge on any atom is 0.255 e. The number of carbonyl (C=O) groups is 1. The molecule has 0 spiro atoms. The largest absolute Gasteiger partial charge is 0.329 e. The molecule has 0 atom stereocenters. The molecule has 1 aromatic carbocycles. The smallest absolute Gasteiger partial charge is 0.255 e. The number of piperidine rings is 1. The molecule has 2 heterocycles. The van der Waals surface area contributed by atoms with Crippen molar-refractivity contribution >= 4 is 28.2 Å². The van der Waals surface area contributed by atoms with E-state index in [0.717, 1.165) is 36.9 Å². The van der Waals surface area contributed by atoms with Crippen molar-refractivity contribution in [2.75, 3.05) is 20.1 Å². The maximum absolute atomic E-state index is 12.4. The van der Waals surface area contributed by atoms with Gasteiger partial charge in [0.15, 0.2) is 0 Å². The highest BCUT2D eigenvalue weighted by atomic mass is 35.5. The minimum Gasteiger partial charge on any atom is -0.329 e. The normalized spacial score (nSPS) is 16.8. The molecule has 0 amide bonds. The zero-order valence-electron chi connectivity index (χ0n) is 13.3. The molecule has 122 valence electrons. The lowest BCUT2D eigenvalue weighted by Crippen LogP contribution is -2.33. The molecule has 3 rings (SSSR count). The number of rotatable bonds is 4. The van der Waals surface area contributed by atoms with Crippen molar-refractivity contribution < 1.29 is 4.79 Å². The summed E-state index contributed by atoms with van der Waals surface area (Å²) in [5, 5.41) is 2.01. The summed E-state index contributed by atoms with van der Waals surface area (Å²) in [5.41, 5.74) is 0.796. The number of ketones is 1. The Kier molecular flexibility index (Phi) is 4.83. The van der Waals surface area contributed by atoms with Gasteiger partial charge in [-0.05, 0) is 68.5 Å². The average Bonchev–Trinajstić information content (AvgIpc) is 2.54. The van der Waals surface area contributed by atoms with Crippen molar-refractivity contribution in [2.45, 2.75) is 25.7 Å². The molecule has 5 heteroatoms. The number of H-pyrrole nitrogens is 1. The van der Waals surface area contributed by atoms with Crippen LogP contribution in [0.15, 0.2) is 29.2 Å². The lowest BCUT2D eigenvalue weighted by molar-refractivity contribution is -0.124. The summed E-state index contributed by atoms with van der Waals surface area (Å²) in [6.07, 6.45) is 4.69. The van der Waals surface area contributed by atoms with Crippen LogP contribution in [0.3, 0.4) is 0 Å². The number of halogens is 1. The van der Waals surface area contributed by atoms with Crippen molar-refractivity contribution in [1.29, 1.82) is 0 Å². The van der Waals surface area contributed by atoms with Crippen molar-refractivity contribution in [2.24, 2.45) is 5.92 Å². The highest BCUT2D eigenvalue weighted by molar-refractivity contribution is 6.32. The first-order valence-electron chi connectivity index (χ1n) is 8.05. The summed E-state index contributed by atoms with van der Waals surface area (Å²) in [7, 11) is 2.09. The molecule has 0 radical (unpaired) electrons. The molecule has 1 aromatic heterocycles. The van der Waals surface area contributed by atoms with Gasteiger partial charge in [0.2, 0.25) is 0 Å². The molecule has 0 aliphatic carbocycles. The topological polar surface area (TPSA) is 53.2 Å². The van der Waals surface area contributed by atoms with Crippen molar-refractivity contribution in [3.05, 3.63) is 45.3 Å². The molecular weight excluding hydrogens is 312 g/mol. The summed E-state index contributed by atoms with van der Waals surface area (Å²) >= 11 is 6.29. The van der Waals surface area contributed by atoms with E-state index in [9.17, 15) is 9.59 Å². The first kappa shape index (κ1) is 16.2. The van der Waals surface area contributed by atoms with E-state index in [1.165, 1.54) is 0 Å². The van der Waals surface area contributed by atoms with Gasteiger partial charge in [0.1, 0.15) is 5.78 Å². The molecule has 1 saturated heterocycles. The molecule has 0 unspecified atom stereocenters. The number of carbonyl (C=O) groups excluding carboxylic acids is 1. The number of hydrogen-bond acceptors (Lipinski definition) is 3. The van der Waals surface area contributed by atoms with Crippen LogP contribution in [0.25, 0.3) is 10.8 Å². The van der Waals surface area contributed by atoms with E-state index in [1.807, 2.05) is 12.1 Å². The SMILES string of the molecule is CN1CCC(C(=O)CCc2cc3cc[nH]c(=O)c3cc2Cl)CC1. The second kappa shape index (κ2) is 6.85. The first-order valence-corrected chi connectivity index (χ1v) is 8.43. The van der Waals surface area contributed by atoms with Crippen LogP contribution in [0.1, 0.15) is 24.8 Å². The molecule has 2 aromatic rings. The Labute approximate surface area is 140 Å². The van der Waals surface area contributed by atoms with E-state index in [4.69, 9.17) is 11.6 Å². The number of aromatic amines is 1. The Morgan fingerprint density at radius 2 is 2.09 bits per heavy atom. The monoisotopic (exact) mass is 332 g/mol. The zero-order valence-corrected chi connectivity index (χ0v) is 14.0. The quantitative estimate of drug-likeness (QED) is 0.936. The van der Waals surface area contributed by atoms with Crippen LogP contribution in [0, 0.1) is 5.92 Å². The Hall–Kier alpha value is -1.65. The van der Waals surface area contributed by atoms with E-state index >= 15 is 0 Å². The summed E-state index contributed by atoms with van der Waals surface area (Å²) < 4.78 is 0. The highest BCUT2D eigenvalue weighted by Crippen LogP contribution is 2.25. The predicted octanol–water partition coefficient (Wildman–Crippen LogP) is 3.03. The van der Waals surface area contributed by atoms with E-state index in [2.05, 4.69) is 16.9 Å². The minimum absolute atomic E-state index is 0.140. The van der Waals surface area contributed by atoms with Crippen LogP contribution in [-0.4, -0.2) is 35.8 Å². The second-order valence-electron chi connectivity index (χ2n) is 6.38. The molecule has 0 saturated carbocycles. The number of aryl methyl sites for hydroxylation is 1. The summed E-state index contributed by atoms with van der Waals surface area (Å²) in [4.78, 5) is 29.1. The van der Waals surface area contributed by atoms with Gasteiger partial charge in [-0.1, -0.05) is 11.6 Å². The van der Waals surface area contributed by atoms with Crippen molar-refractivity contribution in [3.63, 3.8) is 0 Å². The summed E-state index contributed by atoms with van der Waals surface area (Å²) in [6, 6.07) is 5.48. The highest BCUT2D eigenvalue weighted by Gasteiger charge is 2.23. The van der Waals surface area contributed by atoms with Crippen molar-refractivity contribution in [1.82, 2.24) is 9.88 Å². The molecular formula is C18H21ClN2O2. The molecule has 1 aliphatic rings. The summed E-state index contributed by atoms with van der Waals surface area (Å²) in [5.74, 6) is 0.522. The molecule has 23 heavy (non-hydrogen) atoms. The molecule has 1 aliphatic heterocycles. The van der Waals surface area contributed by atoms with Gasteiger partial charge < -0.3 is 9.88 Å². The molecule has 0 bridgehead atoms. The number of fused-ring (bicyclic) bond motifs is 1. The van der Waals surface area contributed by atoms with Crippen LogP contribution in [0.5, 0.6) is 0 Å². The molecule has 1 N–H and O–H groups in total. The Bertz CT molecular complexity index is 776. The Morgan fingerprint density at radius 1 is 1.35 bits per heavy atom. The van der Waals surface area contributed by atoms with E-state index in [1.54, 1.807) is 12.3 Å². The number of benzene rings is 1. The Morgan fingerprint density at radius 3 is 2.83 bits per heavy atom. The lowest BCUT2D eigenvalue weighted by atomic mass is 9.89. The van der Waals surface area contributed by atoms with Crippen LogP contribution < -0.4 is 5.56 Å². The van der Waals surface area contributed by atoms with Gasteiger partial charge in [-0.25, -0.2) is 0 Å². The van der Waals surface area contributed by atoms with E-state index < -0.39 is 0 Å². The van der Waals surface area contributed by atoms with Gasteiger partial charge in [-0.15, -0.1) is 0 Å². The van der Waals surface area contributed by atoms with Crippen LogP contribution in [-0.2, 0) is 11.2 Å². The average molecular weight is 333 g/mol. The lowest BCUT2D eigenvalue weighted by Gasteiger charge is -2.28. The fourth-order valence-corrected chi connectivity index (χ4v) is 3.50. The number of nitrogens with one attached hydrogen (secondary N) is 1. The van der Waals surface area contributed by atoms with Gasteiger partial charge in [0, 0.05) is 28.9 Å². The van der Waals surface area contributed by atoms with E-state index in [-0.39, 0.29) is 11.5 Å². The van der Waals surface area contributed by atoms with Gasteiger partial charge in [-0.2, -0.15) is 0 Å². The fraction of sp³-hybridized carbons (Fsp3) is 0.444. The van der Waals surface area contributed by atoms with Crippen LogP contribution in [0.4, 0.5) is 0 Å². The molecule has 1 fully saturated rings. The van der Waals surface area contributed by atoms with E-state index in [0.29, 0.717) is 29.0 Å². The zero-order chi connectivity index (χ0) is 16.4. The summed E-state index contributed by atoms with van der Waals surface area (Å²) in [6.45, 7) is 1.99. The van der Waals surface area contributed by atoms with Gasteiger partial charge >= 0.3 is 0 Å². The number of pyridine rings is 1. The first-order chi connectivity index (χ1) is 11.0. The van der Waals surface area contributed by atoms with Gasteiger partial charge in [-0.3, -0.25) is 9.59 Å². The number of nitrogens with zero attached hydrogens (tertiary/aromatic N) is 1. The van der Waals surface area contributed by atoms with Crippen molar-refractivity contribution in [3.8, 4) is 0 Å². The van der Waals surface area contributed by atoms with Crippen LogP contribution in [0.2, 0.25) is 5.02 Å². The fourth-order valence-electron chi connectivity index (χ4n) is 3.24. The second-order valence-corrected chi connectivity index (χ2v) is 6.79. The third kappa shape index (κ3) is 3.65. The Balaban J connectivity index is 1.70.